The zero-order valence-electron chi connectivity index (χ0n) is 23.6. The van der Waals surface area contributed by atoms with E-state index in [1.54, 1.807) is 27.9 Å². The van der Waals surface area contributed by atoms with Crippen LogP contribution in [-0.4, -0.2) is 34.8 Å². The molecule has 0 N–H and O–H groups in total. The number of imidazole rings is 1. The van der Waals surface area contributed by atoms with Gasteiger partial charge in [-0.05, 0) is 91.9 Å². The van der Waals surface area contributed by atoms with Crippen LogP contribution in [0.4, 0.5) is 0 Å². The lowest BCUT2D eigenvalue weighted by molar-refractivity contribution is -0.158. The van der Waals surface area contributed by atoms with E-state index in [1.165, 1.54) is 21.9 Å². The maximum atomic E-state index is 12.2. The molecule has 1 heterocycles. The largest absolute Gasteiger partial charge is 0.497 e. The molecule has 0 aliphatic rings. The van der Waals surface area contributed by atoms with Crippen LogP contribution >= 0.6 is 0 Å². The first-order valence-corrected chi connectivity index (χ1v) is 13.8. The van der Waals surface area contributed by atoms with Gasteiger partial charge >= 0.3 is 5.97 Å². The normalized spacial score (nSPS) is 11.6. The smallest absolute Gasteiger partial charge is 0.349 e. The molecular formula is C34H36N2O4. The van der Waals surface area contributed by atoms with Gasteiger partial charge in [0.05, 0.1) is 24.8 Å². The highest BCUT2D eigenvalue weighted by Gasteiger charge is 2.31. The minimum Gasteiger partial charge on any atom is -0.497 e. The summed E-state index contributed by atoms with van der Waals surface area (Å²) in [6, 6.07) is 29.0. The highest BCUT2D eigenvalue weighted by atomic mass is 16.6. The van der Waals surface area contributed by atoms with Gasteiger partial charge in [-0.15, -0.1) is 0 Å². The van der Waals surface area contributed by atoms with E-state index in [1.807, 2.05) is 24.3 Å². The third kappa shape index (κ3) is 6.12. The molecular weight excluding hydrogens is 500 g/mol. The van der Waals surface area contributed by atoms with E-state index in [9.17, 15) is 4.79 Å². The van der Waals surface area contributed by atoms with Gasteiger partial charge in [-0.2, -0.15) is 0 Å². The molecule has 0 bridgehead atoms. The van der Waals surface area contributed by atoms with Crippen LogP contribution in [0.15, 0.2) is 84.9 Å². The molecule has 0 atom stereocenters. The van der Waals surface area contributed by atoms with Gasteiger partial charge in [0.2, 0.25) is 0 Å². The van der Waals surface area contributed by atoms with Gasteiger partial charge < -0.3 is 18.8 Å². The van der Waals surface area contributed by atoms with Crippen molar-refractivity contribution in [3.05, 3.63) is 102 Å². The number of aromatic nitrogens is 2. The molecule has 0 fully saturated rings. The van der Waals surface area contributed by atoms with Crippen LogP contribution in [0.5, 0.6) is 11.5 Å². The third-order valence-corrected chi connectivity index (χ3v) is 7.10. The average molecular weight is 537 g/mol. The van der Waals surface area contributed by atoms with E-state index in [-0.39, 0.29) is 5.97 Å². The fraction of sp³-hybridized carbons (Fsp3) is 0.294. The predicted octanol–water partition coefficient (Wildman–Crippen LogP) is 7.14. The number of aryl methyl sites for hydroxylation is 2. The molecule has 0 aliphatic heterocycles. The van der Waals surface area contributed by atoms with Crippen LogP contribution in [0.25, 0.3) is 21.8 Å². The number of rotatable bonds is 11. The Morgan fingerprint density at radius 1 is 0.850 bits per heavy atom. The molecule has 40 heavy (non-hydrogen) atoms. The molecule has 6 nitrogen and oxygen atoms in total. The number of hydrogen-bond donors (Lipinski definition) is 0. The number of benzene rings is 4. The van der Waals surface area contributed by atoms with Crippen LogP contribution in [0.3, 0.4) is 0 Å². The summed E-state index contributed by atoms with van der Waals surface area (Å²) in [6.45, 7) is 6.29. The lowest BCUT2D eigenvalue weighted by Gasteiger charge is -2.24. The topological polar surface area (TPSA) is 62.6 Å². The average Bonchev–Trinajstić information content (AvgIpc) is 3.28. The second-order valence-electron chi connectivity index (χ2n) is 10.5. The number of nitrogens with zero attached hydrogens (tertiary/aromatic N) is 2. The highest BCUT2D eigenvalue weighted by Crippen LogP contribution is 2.27. The minimum absolute atomic E-state index is 0.328. The summed E-state index contributed by atoms with van der Waals surface area (Å²) in [5.74, 6) is 2.20. The first-order valence-electron chi connectivity index (χ1n) is 13.8. The number of carbonyl (C=O) groups is 1. The van der Waals surface area contributed by atoms with Gasteiger partial charge in [0.1, 0.15) is 17.3 Å². The van der Waals surface area contributed by atoms with E-state index in [0.717, 1.165) is 48.4 Å². The SMILES string of the molecule is CCOC(=O)C(C)(C)Oc1ccc(CCCc2nc3cc4ccccc4cc3n2Cc2cccc(OC)c2)cc1. The lowest BCUT2D eigenvalue weighted by atomic mass is 10.1. The van der Waals surface area contributed by atoms with Crippen molar-refractivity contribution in [2.24, 2.45) is 0 Å². The molecule has 206 valence electrons. The summed E-state index contributed by atoms with van der Waals surface area (Å²) in [6.07, 6.45) is 2.71. The Hall–Kier alpha value is -4.32. The second-order valence-corrected chi connectivity index (χ2v) is 10.5. The van der Waals surface area contributed by atoms with E-state index in [2.05, 4.69) is 65.2 Å². The lowest BCUT2D eigenvalue weighted by Crippen LogP contribution is -2.39. The molecule has 0 spiro atoms. The third-order valence-electron chi connectivity index (χ3n) is 7.10. The molecule has 0 aliphatic carbocycles. The molecule has 0 amide bonds. The van der Waals surface area contributed by atoms with Gasteiger partial charge in [0.25, 0.3) is 0 Å². The van der Waals surface area contributed by atoms with Crippen LogP contribution in [0.1, 0.15) is 44.1 Å². The summed E-state index contributed by atoms with van der Waals surface area (Å²) < 4.78 is 18.8. The van der Waals surface area contributed by atoms with Crippen molar-refractivity contribution in [1.29, 1.82) is 0 Å². The Morgan fingerprint density at radius 3 is 2.33 bits per heavy atom. The van der Waals surface area contributed by atoms with E-state index in [4.69, 9.17) is 19.2 Å². The first-order chi connectivity index (χ1) is 19.4. The minimum atomic E-state index is -1.04. The van der Waals surface area contributed by atoms with E-state index in [0.29, 0.717) is 12.4 Å². The van der Waals surface area contributed by atoms with Crippen molar-refractivity contribution < 1.29 is 19.0 Å². The molecule has 0 radical (unpaired) electrons. The van der Waals surface area contributed by atoms with Crippen molar-refractivity contribution >= 4 is 27.8 Å². The number of hydrogen-bond acceptors (Lipinski definition) is 5. The Bertz CT molecular complexity index is 1620. The molecule has 0 saturated carbocycles. The van der Waals surface area contributed by atoms with Crippen molar-refractivity contribution in [2.75, 3.05) is 13.7 Å². The molecule has 1 aromatic heterocycles. The molecule has 0 saturated heterocycles. The molecule has 6 heteroatoms. The van der Waals surface area contributed by atoms with Crippen molar-refractivity contribution in [1.82, 2.24) is 9.55 Å². The van der Waals surface area contributed by atoms with Gasteiger partial charge in [-0.3, -0.25) is 0 Å². The summed E-state index contributed by atoms with van der Waals surface area (Å²) in [7, 11) is 1.70. The molecule has 4 aromatic carbocycles. The van der Waals surface area contributed by atoms with Gasteiger partial charge in [-0.1, -0.05) is 48.5 Å². The van der Waals surface area contributed by atoms with Crippen LogP contribution in [-0.2, 0) is 28.9 Å². The Labute approximate surface area is 235 Å². The first kappa shape index (κ1) is 27.3. The van der Waals surface area contributed by atoms with Crippen molar-refractivity contribution in [2.45, 2.75) is 52.2 Å². The monoisotopic (exact) mass is 536 g/mol. The second kappa shape index (κ2) is 11.8. The van der Waals surface area contributed by atoms with Crippen LogP contribution in [0.2, 0.25) is 0 Å². The number of ether oxygens (including phenoxy) is 3. The van der Waals surface area contributed by atoms with E-state index < -0.39 is 5.60 Å². The van der Waals surface area contributed by atoms with Gasteiger partial charge in [0.15, 0.2) is 5.60 Å². The highest BCUT2D eigenvalue weighted by molar-refractivity contribution is 5.95. The Balaban J connectivity index is 1.33. The maximum absolute atomic E-state index is 12.2. The summed E-state index contributed by atoms with van der Waals surface area (Å²) in [4.78, 5) is 17.2. The van der Waals surface area contributed by atoms with Crippen molar-refractivity contribution in [3.63, 3.8) is 0 Å². The number of methoxy groups -OCH3 is 1. The van der Waals surface area contributed by atoms with Crippen LogP contribution in [0, 0.1) is 0 Å². The molecule has 5 aromatic rings. The van der Waals surface area contributed by atoms with Crippen LogP contribution < -0.4 is 9.47 Å². The quantitative estimate of drug-likeness (QED) is 0.168. The summed E-state index contributed by atoms with van der Waals surface area (Å²) >= 11 is 0. The predicted molar refractivity (Wildman–Crippen MR) is 159 cm³/mol. The summed E-state index contributed by atoms with van der Waals surface area (Å²) in [5.41, 5.74) is 3.51. The number of carbonyl (C=O) groups excluding carboxylic acids is 1. The number of esters is 1. The Morgan fingerprint density at radius 2 is 1.60 bits per heavy atom. The number of fused-ring (bicyclic) bond motifs is 2. The van der Waals surface area contributed by atoms with Crippen molar-refractivity contribution in [3.8, 4) is 11.5 Å². The fourth-order valence-electron chi connectivity index (χ4n) is 5.00. The fourth-order valence-corrected chi connectivity index (χ4v) is 5.00. The van der Waals surface area contributed by atoms with Gasteiger partial charge in [-0.25, -0.2) is 9.78 Å². The maximum Gasteiger partial charge on any atom is 0.349 e. The van der Waals surface area contributed by atoms with Gasteiger partial charge in [0, 0.05) is 13.0 Å². The zero-order chi connectivity index (χ0) is 28.1. The van der Waals surface area contributed by atoms with E-state index >= 15 is 0 Å². The standard InChI is InChI=1S/C34H36N2O4/c1-5-39-33(37)34(2,3)40-28-18-16-24(17-19-28)10-9-15-32-35-30-21-26-12-6-7-13-27(26)22-31(30)36(32)23-25-11-8-14-29(20-25)38-4/h6-8,11-14,16-22H,5,9-10,15,23H2,1-4H3. The Kier molecular flexibility index (Phi) is 8.06. The summed E-state index contributed by atoms with van der Waals surface area (Å²) in [5, 5.41) is 2.41. The molecule has 5 rings (SSSR count). The molecule has 0 unspecified atom stereocenters. The zero-order valence-corrected chi connectivity index (χ0v) is 23.6.